The van der Waals surface area contributed by atoms with E-state index in [0.717, 1.165) is 33.1 Å². The van der Waals surface area contributed by atoms with Gasteiger partial charge in [0.25, 0.3) is 0 Å². The molecule has 0 aliphatic rings. The number of fused-ring (bicyclic) bond motifs is 10. The van der Waals surface area contributed by atoms with Crippen LogP contribution in [-0.2, 0) is 7.05 Å². The van der Waals surface area contributed by atoms with Crippen molar-refractivity contribution in [3.63, 3.8) is 0 Å². The fourth-order valence-corrected chi connectivity index (χ4v) is 7.25. The molecule has 5 aromatic carbocycles. The molecule has 0 atom stereocenters. The molecule has 5 aromatic heterocycles. The van der Waals surface area contributed by atoms with E-state index in [4.69, 9.17) is 4.42 Å². The van der Waals surface area contributed by atoms with Gasteiger partial charge in [0.2, 0.25) is 0 Å². The number of rotatable bonds is 1. The van der Waals surface area contributed by atoms with Gasteiger partial charge in [-0.2, -0.15) is 0 Å². The highest BCUT2D eigenvalue weighted by atomic mass is 16.3. The molecule has 0 aliphatic carbocycles. The molecule has 182 valence electrons. The summed E-state index contributed by atoms with van der Waals surface area (Å²) in [7, 11) is 2.17. The summed E-state index contributed by atoms with van der Waals surface area (Å²) in [6.45, 7) is 0. The normalized spacial score (nSPS) is 12.7. The van der Waals surface area contributed by atoms with Crippen molar-refractivity contribution >= 4 is 82.1 Å². The molecule has 0 radical (unpaired) electrons. The first-order valence-corrected chi connectivity index (χ1v) is 13.4. The predicted molar refractivity (Wildman–Crippen MR) is 162 cm³/mol. The monoisotopic (exact) mass is 499 g/mol. The molecule has 4 nitrogen and oxygen atoms in total. The summed E-state index contributed by atoms with van der Waals surface area (Å²) < 4.78 is 14.0. The molecule has 39 heavy (non-hydrogen) atoms. The molecule has 0 saturated carbocycles. The second-order valence-electron chi connectivity index (χ2n) is 10.6. The van der Waals surface area contributed by atoms with Crippen LogP contribution in [0.4, 0.5) is 0 Å². The third-order valence-electron chi connectivity index (χ3n) is 8.77. The Kier molecular flexibility index (Phi) is 3.36. The van der Waals surface area contributed by atoms with Crippen molar-refractivity contribution in [3.05, 3.63) is 109 Å². The highest BCUT2D eigenvalue weighted by molar-refractivity contribution is 6.35. The summed E-state index contributed by atoms with van der Waals surface area (Å²) in [5.41, 5.74) is 11.5. The quantitative estimate of drug-likeness (QED) is 0.221. The molecule has 0 saturated heterocycles. The standard InChI is InChI=1S/C35H21N3O/c1-36-26-16-9-14-23-29(26)30-27(36)19-18-24-31(30)38(34-22-13-6-8-17-28(22)39-35(23)34)32-21-12-5-7-15-25(21)37(33(24)32)20-10-3-2-4-11-20/h2-19H,1H3. The molecule has 0 aliphatic heterocycles. The van der Waals surface area contributed by atoms with Crippen molar-refractivity contribution in [2.45, 2.75) is 0 Å². The van der Waals surface area contributed by atoms with Crippen molar-refractivity contribution in [2.75, 3.05) is 0 Å². The Balaban J connectivity index is 1.67. The first-order valence-electron chi connectivity index (χ1n) is 13.4. The van der Waals surface area contributed by atoms with E-state index in [9.17, 15) is 0 Å². The van der Waals surface area contributed by atoms with Gasteiger partial charge in [-0.3, -0.25) is 0 Å². The van der Waals surface area contributed by atoms with Crippen molar-refractivity contribution in [1.82, 2.24) is 13.5 Å². The maximum Gasteiger partial charge on any atom is 0.160 e. The second kappa shape index (κ2) is 6.61. The summed E-state index contributed by atoms with van der Waals surface area (Å²) in [6, 6.07) is 39.2. The molecule has 10 rings (SSSR count). The minimum Gasteiger partial charge on any atom is -0.454 e. The van der Waals surface area contributed by atoms with Crippen LogP contribution in [0.25, 0.3) is 87.8 Å². The van der Waals surface area contributed by atoms with E-state index in [0.29, 0.717) is 0 Å². The van der Waals surface area contributed by atoms with Crippen LogP contribution in [0, 0.1) is 0 Å². The Morgan fingerprint density at radius 1 is 0.487 bits per heavy atom. The number of aromatic nitrogens is 3. The maximum atomic E-state index is 6.75. The molecule has 0 fully saturated rings. The summed E-state index contributed by atoms with van der Waals surface area (Å²) in [6.07, 6.45) is 0. The lowest BCUT2D eigenvalue weighted by molar-refractivity contribution is 0.672. The fraction of sp³-hybridized carbons (Fsp3) is 0.0286. The minimum atomic E-state index is 0.910. The number of hydrogen-bond acceptors (Lipinski definition) is 1. The van der Waals surface area contributed by atoms with E-state index in [2.05, 4.69) is 130 Å². The van der Waals surface area contributed by atoms with Gasteiger partial charge >= 0.3 is 0 Å². The predicted octanol–water partition coefficient (Wildman–Crippen LogP) is 9.17. The van der Waals surface area contributed by atoms with Crippen LogP contribution in [0.1, 0.15) is 0 Å². The number of benzene rings is 5. The Hall–Kier alpha value is -5.22. The van der Waals surface area contributed by atoms with Crippen molar-refractivity contribution in [1.29, 1.82) is 0 Å². The Morgan fingerprint density at radius 2 is 1.21 bits per heavy atom. The van der Waals surface area contributed by atoms with Gasteiger partial charge in [-0.15, -0.1) is 0 Å². The third kappa shape index (κ3) is 2.16. The van der Waals surface area contributed by atoms with Gasteiger partial charge in [-0.25, -0.2) is 0 Å². The lowest BCUT2D eigenvalue weighted by Crippen LogP contribution is -1.93. The van der Waals surface area contributed by atoms with E-state index in [1.807, 2.05) is 0 Å². The number of furan rings is 1. The number of aryl methyl sites for hydroxylation is 1. The highest BCUT2D eigenvalue weighted by Gasteiger charge is 2.27. The Labute approximate surface area is 221 Å². The van der Waals surface area contributed by atoms with E-state index >= 15 is 0 Å². The lowest BCUT2D eigenvalue weighted by atomic mass is 10.1. The van der Waals surface area contributed by atoms with Crippen LogP contribution in [0.15, 0.2) is 114 Å². The average molecular weight is 500 g/mol. The molecule has 10 aromatic rings. The van der Waals surface area contributed by atoms with E-state index < -0.39 is 0 Å². The Bertz CT molecular complexity index is 2610. The SMILES string of the molecule is Cn1c2cccc3c4oc5ccccc5c4n4c5c(ccc1c5c32)c1c4c2ccccc2n1-c1ccccc1. The smallest absolute Gasteiger partial charge is 0.160 e. The van der Waals surface area contributed by atoms with Gasteiger partial charge in [-0.1, -0.05) is 60.7 Å². The van der Waals surface area contributed by atoms with Crippen LogP contribution >= 0.6 is 0 Å². The molecule has 4 heteroatoms. The summed E-state index contributed by atoms with van der Waals surface area (Å²) >= 11 is 0. The summed E-state index contributed by atoms with van der Waals surface area (Å²) in [4.78, 5) is 0. The van der Waals surface area contributed by atoms with Crippen molar-refractivity contribution in [2.24, 2.45) is 7.05 Å². The zero-order valence-electron chi connectivity index (χ0n) is 21.1. The van der Waals surface area contributed by atoms with Gasteiger partial charge in [0.15, 0.2) is 5.58 Å². The zero-order valence-corrected chi connectivity index (χ0v) is 21.1. The average Bonchev–Trinajstić information content (AvgIpc) is 3.68. The first-order chi connectivity index (χ1) is 19.3. The maximum absolute atomic E-state index is 6.75. The summed E-state index contributed by atoms with van der Waals surface area (Å²) in [5, 5.41) is 7.31. The lowest BCUT2D eigenvalue weighted by Gasteiger charge is -2.08. The minimum absolute atomic E-state index is 0.910. The van der Waals surface area contributed by atoms with Gasteiger partial charge in [-0.05, 0) is 48.5 Å². The number of hydrogen-bond donors (Lipinski definition) is 0. The van der Waals surface area contributed by atoms with E-state index in [1.165, 1.54) is 54.6 Å². The molecule has 0 unspecified atom stereocenters. The van der Waals surface area contributed by atoms with E-state index in [1.54, 1.807) is 0 Å². The number of nitrogens with zero attached hydrogens (tertiary/aromatic N) is 3. The Morgan fingerprint density at radius 3 is 2.10 bits per heavy atom. The second-order valence-corrected chi connectivity index (χ2v) is 10.6. The van der Waals surface area contributed by atoms with Crippen LogP contribution in [0.5, 0.6) is 0 Å². The third-order valence-corrected chi connectivity index (χ3v) is 8.77. The molecule has 0 spiro atoms. The van der Waals surface area contributed by atoms with Crippen molar-refractivity contribution in [3.8, 4) is 5.69 Å². The first kappa shape index (κ1) is 19.8. The van der Waals surface area contributed by atoms with Crippen LogP contribution in [0.2, 0.25) is 0 Å². The molecular weight excluding hydrogens is 478 g/mol. The zero-order chi connectivity index (χ0) is 25.4. The highest BCUT2D eigenvalue weighted by Crippen LogP contribution is 2.48. The fourth-order valence-electron chi connectivity index (χ4n) is 7.25. The molecule has 5 heterocycles. The number of para-hydroxylation sites is 3. The van der Waals surface area contributed by atoms with Crippen LogP contribution in [0.3, 0.4) is 0 Å². The molecule has 0 bridgehead atoms. The molecule has 0 amide bonds. The van der Waals surface area contributed by atoms with Gasteiger partial charge in [0, 0.05) is 50.6 Å². The van der Waals surface area contributed by atoms with E-state index in [-0.39, 0.29) is 0 Å². The molecular formula is C35H21N3O. The van der Waals surface area contributed by atoms with Crippen LogP contribution in [-0.4, -0.2) is 13.5 Å². The largest absolute Gasteiger partial charge is 0.454 e. The van der Waals surface area contributed by atoms with Crippen molar-refractivity contribution < 1.29 is 4.42 Å². The summed E-state index contributed by atoms with van der Waals surface area (Å²) in [5.74, 6) is 0. The van der Waals surface area contributed by atoms with Crippen LogP contribution < -0.4 is 0 Å². The van der Waals surface area contributed by atoms with Gasteiger partial charge in [0.05, 0.1) is 27.6 Å². The van der Waals surface area contributed by atoms with Gasteiger partial charge in [0.1, 0.15) is 11.1 Å². The topological polar surface area (TPSA) is 27.4 Å². The van der Waals surface area contributed by atoms with Gasteiger partial charge < -0.3 is 18.0 Å². The molecule has 0 N–H and O–H groups in total.